The monoisotopic (exact) mass is 392 g/mol. The summed E-state index contributed by atoms with van der Waals surface area (Å²) in [6, 6.07) is 12.5. The van der Waals surface area contributed by atoms with Gasteiger partial charge in [-0.3, -0.25) is 4.79 Å². The lowest BCUT2D eigenvalue weighted by molar-refractivity contribution is -0.118. The fourth-order valence-electron chi connectivity index (χ4n) is 1.95. The quantitative estimate of drug-likeness (QED) is 0.427. The number of hydrogen-bond acceptors (Lipinski definition) is 5. The van der Waals surface area contributed by atoms with E-state index in [1.807, 2.05) is 25.1 Å². The summed E-state index contributed by atoms with van der Waals surface area (Å²) in [7, 11) is 0. The average Bonchev–Trinajstić information content (AvgIpc) is 2.57. The number of nitrogens with zero attached hydrogens (tertiary/aromatic N) is 1. The lowest BCUT2D eigenvalue weighted by atomic mass is 10.2. The van der Waals surface area contributed by atoms with E-state index < -0.39 is 0 Å². The summed E-state index contributed by atoms with van der Waals surface area (Å²) in [5.41, 5.74) is 1.33. The number of oxime groups is 1. The lowest BCUT2D eigenvalue weighted by Crippen LogP contribution is -2.20. The zero-order chi connectivity index (χ0) is 17.4. The summed E-state index contributed by atoms with van der Waals surface area (Å²) in [6.45, 7) is 2.12. The molecule has 0 fully saturated rings. The van der Waals surface area contributed by atoms with Crippen LogP contribution in [0.5, 0.6) is 11.5 Å². The number of amides is 1. The predicted octanol–water partition coefficient (Wildman–Crippen LogP) is 3.67. The molecule has 0 bridgehead atoms. The van der Waals surface area contributed by atoms with Crippen LogP contribution < -0.4 is 14.8 Å². The molecule has 0 unspecified atom stereocenters. The van der Waals surface area contributed by atoms with Crippen molar-refractivity contribution in [3.05, 3.63) is 52.5 Å². The third-order valence-corrected chi connectivity index (χ3v) is 3.66. The highest BCUT2D eigenvalue weighted by atomic mass is 79.9. The first kappa shape index (κ1) is 17.8. The van der Waals surface area contributed by atoms with E-state index in [1.54, 1.807) is 24.3 Å². The standard InChI is InChI=1S/C17H17BrN2O4/c1-2-23-15-8-12(10-19-22)14(18)9-16(15)24-11-17(21)20-13-6-4-3-5-7-13/h3-10,22H,2,11H2,1H3,(H,20,21). The third-order valence-electron chi connectivity index (χ3n) is 2.98. The molecule has 24 heavy (non-hydrogen) atoms. The van der Waals surface area contributed by atoms with Gasteiger partial charge in [0.25, 0.3) is 5.91 Å². The molecular weight excluding hydrogens is 376 g/mol. The molecule has 2 aromatic carbocycles. The summed E-state index contributed by atoms with van der Waals surface area (Å²) >= 11 is 3.36. The van der Waals surface area contributed by atoms with Crippen molar-refractivity contribution in [2.45, 2.75) is 6.92 Å². The molecule has 6 nitrogen and oxygen atoms in total. The van der Waals surface area contributed by atoms with Crippen LogP contribution in [0, 0.1) is 0 Å². The largest absolute Gasteiger partial charge is 0.490 e. The molecule has 2 aromatic rings. The zero-order valence-electron chi connectivity index (χ0n) is 13.0. The van der Waals surface area contributed by atoms with Crippen LogP contribution in [0.4, 0.5) is 5.69 Å². The van der Waals surface area contributed by atoms with Crippen molar-refractivity contribution in [3.8, 4) is 11.5 Å². The van der Waals surface area contributed by atoms with Crippen LogP contribution >= 0.6 is 15.9 Å². The smallest absolute Gasteiger partial charge is 0.262 e. The summed E-state index contributed by atoms with van der Waals surface area (Å²) in [5, 5.41) is 14.4. The third kappa shape index (κ3) is 4.99. The maximum atomic E-state index is 12.0. The van der Waals surface area contributed by atoms with Gasteiger partial charge in [-0.2, -0.15) is 0 Å². The van der Waals surface area contributed by atoms with Crippen LogP contribution in [0.3, 0.4) is 0 Å². The van der Waals surface area contributed by atoms with Crippen molar-refractivity contribution in [1.82, 2.24) is 0 Å². The number of anilines is 1. The van der Waals surface area contributed by atoms with Gasteiger partial charge in [0.1, 0.15) is 0 Å². The number of halogens is 1. The molecular formula is C17H17BrN2O4. The highest BCUT2D eigenvalue weighted by Crippen LogP contribution is 2.33. The Morgan fingerprint density at radius 3 is 2.62 bits per heavy atom. The Labute approximate surface area is 148 Å². The molecule has 7 heteroatoms. The van der Waals surface area contributed by atoms with Gasteiger partial charge in [0.2, 0.25) is 0 Å². The topological polar surface area (TPSA) is 80.2 Å². The minimum Gasteiger partial charge on any atom is -0.490 e. The van der Waals surface area contributed by atoms with Crippen LogP contribution in [0.2, 0.25) is 0 Å². The Hall–Kier alpha value is -2.54. The van der Waals surface area contributed by atoms with Gasteiger partial charge >= 0.3 is 0 Å². The first-order valence-corrected chi connectivity index (χ1v) is 8.04. The SMILES string of the molecule is CCOc1cc(C=NO)c(Br)cc1OCC(=O)Nc1ccccc1. The van der Waals surface area contributed by atoms with Gasteiger partial charge in [-0.15, -0.1) is 0 Å². The molecule has 2 rings (SSSR count). The minimum atomic E-state index is -0.277. The maximum absolute atomic E-state index is 12.0. The average molecular weight is 393 g/mol. The number of hydrogen-bond donors (Lipinski definition) is 2. The summed E-state index contributed by atoms with van der Waals surface area (Å²) in [6.07, 6.45) is 1.28. The number of rotatable bonds is 7. The second kappa shape index (κ2) is 8.93. The van der Waals surface area contributed by atoms with E-state index >= 15 is 0 Å². The van der Waals surface area contributed by atoms with Crippen molar-refractivity contribution >= 4 is 33.7 Å². The number of carbonyl (C=O) groups excluding carboxylic acids is 1. The molecule has 2 N–H and O–H groups in total. The van der Waals surface area contributed by atoms with Gasteiger partial charge in [-0.05, 0) is 47.1 Å². The Bertz CT molecular complexity index is 720. The van der Waals surface area contributed by atoms with E-state index in [0.717, 1.165) is 0 Å². The van der Waals surface area contributed by atoms with Crippen molar-refractivity contribution in [1.29, 1.82) is 0 Å². The molecule has 0 radical (unpaired) electrons. The van der Waals surface area contributed by atoms with Gasteiger partial charge in [-0.25, -0.2) is 0 Å². The zero-order valence-corrected chi connectivity index (χ0v) is 14.6. The Morgan fingerprint density at radius 2 is 1.96 bits per heavy atom. The molecule has 0 atom stereocenters. The normalized spacial score (nSPS) is 10.6. The van der Waals surface area contributed by atoms with Gasteiger partial charge in [0.05, 0.1) is 12.8 Å². The van der Waals surface area contributed by atoms with E-state index in [1.165, 1.54) is 6.21 Å². The molecule has 1 amide bonds. The van der Waals surface area contributed by atoms with Crippen molar-refractivity contribution < 1.29 is 19.5 Å². The number of para-hydroxylation sites is 1. The van der Waals surface area contributed by atoms with Crippen molar-refractivity contribution in [3.63, 3.8) is 0 Å². The second-order valence-electron chi connectivity index (χ2n) is 4.70. The van der Waals surface area contributed by atoms with Gasteiger partial charge in [0, 0.05) is 15.7 Å². The summed E-state index contributed by atoms with van der Waals surface area (Å²) in [5.74, 6) is 0.603. The van der Waals surface area contributed by atoms with E-state index in [2.05, 4.69) is 26.4 Å². The summed E-state index contributed by atoms with van der Waals surface area (Å²) < 4.78 is 11.7. The second-order valence-corrected chi connectivity index (χ2v) is 5.56. The highest BCUT2D eigenvalue weighted by molar-refractivity contribution is 9.10. The van der Waals surface area contributed by atoms with Gasteiger partial charge < -0.3 is 20.0 Å². The van der Waals surface area contributed by atoms with Crippen LogP contribution in [0.25, 0.3) is 0 Å². The molecule has 0 spiro atoms. The predicted molar refractivity (Wildman–Crippen MR) is 95.3 cm³/mol. The minimum absolute atomic E-state index is 0.158. The molecule has 126 valence electrons. The number of ether oxygens (including phenoxy) is 2. The number of nitrogens with one attached hydrogen (secondary N) is 1. The lowest BCUT2D eigenvalue weighted by Gasteiger charge is -2.13. The van der Waals surface area contributed by atoms with E-state index in [-0.39, 0.29) is 12.5 Å². The Morgan fingerprint density at radius 1 is 1.25 bits per heavy atom. The summed E-state index contributed by atoms with van der Waals surface area (Å²) in [4.78, 5) is 12.0. The van der Waals surface area contributed by atoms with Crippen molar-refractivity contribution in [2.75, 3.05) is 18.5 Å². The molecule has 0 heterocycles. The van der Waals surface area contributed by atoms with Gasteiger partial charge in [-0.1, -0.05) is 23.4 Å². The molecule has 0 aromatic heterocycles. The van der Waals surface area contributed by atoms with Crippen molar-refractivity contribution in [2.24, 2.45) is 5.16 Å². The Kier molecular flexibility index (Phi) is 6.62. The maximum Gasteiger partial charge on any atom is 0.262 e. The Balaban J connectivity index is 2.07. The first-order chi connectivity index (χ1) is 11.6. The van der Waals surface area contributed by atoms with E-state index in [4.69, 9.17) is 14.7 Å². The molecule has 0 aliphatic carbocycles. The van der Waals surface area contributed by atoms with E-state index in [0.29, 0.717) is 33.8 Å². The fourth-order valence-corrected chi connectivity index (χ4v) is 2.38. The van der Waals surface area contributed by atoms with Crippen LogP contribution in [0.1, 0.15) is 12.5 Å². The number of carbonyl (C=O) groups is 1. The molecule has 0 saturated carbocycles. The van der Waals surface area contributed by atoms with Crippen LogP contribution in [-0.4, -0.2) is 30.5 Å². The van der Waals surface area contributed by atoms with Crippen LogP contribution in [0.15, 0.2) is 52.1 Å². The van der Waals surface area contributed by atoms with E-state index in [9.17, 15) is 4.79 Å². The van der Waals surface area contributed by atoms with Crippen LogP contribution in [-0.2, 0) is 4.79 Å². The van der Waals surface area contributed by atoms with Gasteiger partial charge in [0.15, 0.2) is 18.1 Å². The molecule has 0 aliphatic heterocycles. The fraction of sp³-hybridized carbons (Fsp3) is 0.176. The first-order valence-electron chi connectivity index (χ1n) is 7.25. The molecule has 0 saturated heterocycles. The molecule has 0 aliphatic rings. The highest BCUT2D eigenvalue weighted by Gasteiger charge is 2.12. The number of benzene rings is 2.